The number of hydrogen-bond donors (Lipinski definition) is 1. The maximum atomic E-state index is 13.2. The maximum absolute atomic E-state index is 13.2. The number of benzene rings is 2. The van der Waals surface area contributed by atoms with Crippen molar-refractivity contribution in [1.82, 2.24) is 14.7 Å². The molecule has 0 bridgehead atoms. The summed E-state index contributed by atoms with van der Waals surface area (Å²) in [4.78, 5) is 29.1. The van der Waals surface area contributed by atoms with Crippen molar-refractivity contribution >= 4 is 28.9 Å². The summed E-state index contributed by atoms with van der Waals surface area (Å²) in [7, 11) is 0. The van der Waals surface area contributed by atoms with Gasteiger partial charge in [-0.3, -0.25) is 14.5 Å². The second kappa shape index (κ2) is 9.93. The number of hydrogen-bond acceptors (Lipinski definition) is 5. The summed E-state index contributed by atoms with van der Waals surface area (Å²) >= 11 is 6.40. The minimum atomic E-state index is -0.386. The van der Waals surface area contributed by atoms with Gasteiger partial charge in [-0.25, -0.2) is 4.39 Å². The fourth-order valence-corrected chi connectivity index (χ4v) is 3.91. The zero-order chi connectivity index (χ0) is 22.5. The van der Waals surface area contributed by atoms with Crippen molar-refractivity contribution in [3.8, 4) is 5.69 Å². The predicted molar refractivity (Wildman–Crippen MR) is 123 cm³/mol. The number of carbonyl (C=O) groups is 1. The lowest BCUT2D eigenvalue weighted by Gasteiger charge is -2.36. The number of piperazine rings is 1. The topological polar surface area (TPSA) is 70.5 Å². The molecule has 9 heteroatoms. The van der Waals surface area contributed by atoms with E-state index in [9.17, 15) is 14.0 Å². The quantitative estimate of drug-likeness (QED) is 0.618. The molecule has 7 nitrogen and oxygen atoms in total. The minimum absolute atomic E-state index is 0.145. The van der Waals surface area contributed by atoms with E-state index in [1.54, 1.807) is 30.5 Å². The molecule has 32 heavy (non-hydrogen) atoms. The van der Waals surface area contributed by atoms with Crippen molar-refractivity contribution in [3.05, 3.63) is 82.0 Å². The molecule has 1 amide bonds. The van der Waals surface area contributed by atoms with Gasteiger partial charge in [0.25, 0.3) is 5.56 Å². The van der Waals surface area contributed by atoms with Gasteiger partial charge < -0.3 is 10.2 Å². The summed E-state index contributed by atoms with van der Waals surface area (Å²) in [6.45, 7) is 3.39. The second-order valence-electron chi connectivity index (χ2n) is 7.53. The van der Waals surface area contributed by atoms with Crippen LogP contribution in [0.1, 0.15) is 6.42 Å². The molecular weight excluding hydrogens is 433 g/mol. The molecule has 1 aliphatic rings. The number of nitrogens with zero attached hydrogens (tertiary/aromatic N) is 4. The summed E-state index contributed by atoms with van der Waals surface area (Å²) in [6, 6.07) is 15.0. The number of carbonyl (C=O) groups excluding carboxylic acids is 1. The Morgan fingerprint density at radius 2 is 1.81 bits per heavy atom. The standard InChI is InChI=1S/C23H23ClFN5O2/c24-22-20(16-26-30(23(22)32)19-7-2-1-3-8-19)29-13-11-28(12-14-29)10-9-21(31)27-18-6-4-5-17(25)15-18/h1-8,15-16H,9-14H2,(H,27,31). The number of para-hydroxylation sites is 1. The first-order valence-electron chi connectivity index (χ1n) is 10.4. The fraction of sp³-hybridized carbons (Fsp3) is 0.261. The molecule has 1 N–H and O–H groups in total. The number of anilines is 2. The number of amides is 1. The largest absolute Gasteiger partial charge is 0.366 e. The highest BCUT2D eigenvalue weighted by molar-refractivity contribution is 6.33. The third kappa shape index (κ3) is 5.15. The van der Waals surface area contributed by atoms with Gasteiger partial charge in [-0.15, -0.1) is 0 Å². The van der Waals surface area contributed by atoms with Crippen molar-refractivity contribution < 1.29 is 9.18 Å². The molecule has 0 saturated carbocycles. The minimum Gasteiger partial charge on any atom is -0.366 e. The number of nitrogens with one attached hydrogen (secondary N) is 1. The lowest BCUT2D eigenvalue weighted by molar-refractivity contribution is -0.116. The second-order valence-corrected chi connectivity index (χ2v) is 7.91. The van der Waals surface area contributed by atoms with Crippen LogP contribution in [0.15, 0.2) is 65.6 Å². The number of rotatable bonds is 6. The molecule has 1 aromatic heterocycles. The number of aromatic nitrogens is 2. The summed E-state index contributed by atoms with van der Waals surface area (Å²) in [5.74, 6) is -0.543. The van der Waals surface area contributed by atoms with Crippen molar-refractivity contribution in [2.45, 2.75) is 6.42 Å². The molecule has 0 atom stereocenters. The van der Waals surface area contributed by atoms with E-state index in [4.69, 9.17) is 11.6 Å². The van der Waals surface area contributed by atoms with Crippen LogP contribution >= 0.6 is 11.6 Å². The van der Waals surface area contributed by atoms with Crippen molar-refractivity contribution in [3.63, 3.8) is 0 Å². The maximum Gasteiger partial charge on any atom is 0.292 e. The Kier molecular flexibility index (Phi) is 6.82. The monoisotopic (exact) mass is 455 g/mol. The lowest BCUT2D eigenvalue weighted by atomic mass is 10.2. The van der Waals surface area contributed by atoms with Gasteiger partial charge in [0, 0.05) is 44.8 Å². The molecule has 4 rings (SSSR count). The molecule has 1 aliphatic heterocycles. The van der Waals surface area contributed by atoms with Gasteiger partial charge in [0.15, 0.2) is 0 Å². The van der Waals surface area contributed by atoms with Gasteiger partial charge in [-0.2, -0.15) is 9.78 Å². The summed E-state index contributed by atoms with van der Waals surface area (Å²) in [5, 5.41) is 7.15. The van der Waals surface area contributed by atoms with Gasteiger partial charge in [0.05, 0.1) is 17.6 Å². The average Bonchev–Trinajstić information content (AvgIpc) is 2.80. The zero-order valence-electron chi connectivity index (χ0n) is 17.4. The summed E-state index contributed by atoms with van der Waals surface area (Å²) in [5.41, 5.74) is 1.37. The highest BCUT2D eigenvalue weighted by atomic mass is 35.5. The Bertz CT molecular complexity index is 1150. The third-order valence-electron chi connectivity index (χ3n) is 5.38. The van der Waals surface area contributed by atoms with E-state index in [2.05, 4.69) is 15.3 Å². The molecule has 0 aliphatic carbocycles. The molecule has 0 spiro atoms. The zero-order valence-corrected chi connectivity index (χ0v) is 18.1. The van der Waals surface area contributed by atoms with E-state index in [0.29, 0.717) is 43.1 Å². The van der Waals surface area contributed by atoms with Gasteiger partial charge in [0.2, 0.25) is 5.91 Å². The Morgan fingerprint density at radius 3 is 2.53 bits per heavy atom. The van der Waals surface area contributed by atoms with E-state index in [1.165, 1.54) is 16.8 Å². The van der Waals surface area contributed by atoms with E-state index in [0.717, 1.165) is 13.1 Å². The predicted octanol–water partition coefficient (Wildman–Crippen LogP) is 3.18. The molecule has 0 unspecified atom stereocenters. The Morgan fingerprint density at radius 1 is 1.06 bits per heavy atom. The normalized spacial score (nSPS) is 14.4. The lowest BCUT2D eigenvalue weighted by Crippen LogP contribution is -2.47. The average molecular weight is 456 g/mol. The first-order chi connectivity index (χ1) is 15.5. The van der Waals surface area contributed by atoms with Crippen LogP contribution in [-0.4, -0.2) is 53.3 Å². The van der Waals surface area contributed by atoms with E-state index >= 15 is 0 Å². The SMILES string of the molecule is O=C(CCN1CCN(c2cnn(-c3ccccc3)c(=O)c2Cl)CC1)Nc1cccc(F)c1. The Hall–Kier alpha value is -3.23. The molecule has 3 aromatic rings. The van der Waals surface area contributed by atoms with Gasteiger partial charge in [0.1, 0.15) is 10.8 Å². The van der Waals surface area contributed by atoms with Crippen LogP contribution in [0.4, 0.5) is 15.8 Å². The Labute approximate surface area is 190 Å². The van der Waals surface area contributed by atoms with Gasteiger partial charge in [-0.1, -0.05) is 35.9 Å². The summed E-state index contributed by atoms with van der Waals surface area (Å²) < 4.78 is 14.5. The molecule has 0 radical (unpaired) electrons. The fourth-order valence-electron chi connectivity index (χ4n) is 3.66. The van der Waals surface area contributed by atoms with Gasteiger partial charge >= 0.3 is 0 Å². The van der Waals surface area contributed by atoms with Gasteiger partial charge in [-0.05, 0) is 30.3 Å². The van der Waals surface area contributed by atoms with Crippen LogP contribution in [0.3, 0.4) is 0 Å². The highest BCUT2D eigenvalue weighted by Crippen LogP contribution is 2.23. The smallest absolute Gasteiger partial charge is 0.292 e. The molecule has 1 saturated heterocycles. The molecular formula is C23H23ClFN5O2. The van der Waals surface area contributed by atoms with Crippen molar-refractivity contribution in [2.75, 3.05) is 42.9 Å². The van der Waals surface area contributed by atoms with Crippen LogP contribution in [0.5, 0.6) is 0 Å². The Balaban J connectivity index is 1.31. The summed E-state index contributed by atoms with van der Waals surface area (Å²) in [6.07, 6.45) is 1.94. The van der Waals surface area contributed by atoms with E-state index < -0.39 is 0 Å². The van der Waals surface area contributed by atoms with E-state index in [1.807, 2.05) is 23.1 Å². The third-order valence-corrected chi connectivity index (χ3v) is 5.73. The molecule has 166 valence electrons. The van der Waals surface area contributed by atoms with E-state index in [-0.39, 0.29) is 22.3 Å². The van der Waals surface area contributed by atoms with Crippen LogP contribution in [0.2, 0.25) is 5.02 Å². The van der Waals surface area contributed by atoms with Crippen molar-refractivity contribution in [2.24, 2.45) is 0 Å². The molecule has 2 aromatic carbocycles. The number of halogens is 2. The van der Waals surface area contributed by atoms with Crippen LogP contribution in [-0.2, 0) is 4.79 Å². The van der Waals surface area contributed by atoms with Crippen molar-refractivity contribution in [1.29, 1.82) is 0 Å². The highest BCUT2D eigenvalue weighted by Gasteiger charge is 2.22. The first kappa shape index (κ1) is 22.0. The molecule has 2 heterocycles. The van der Waals surface area contributed by atoms with Crippen LogP contribution in [0.25, 0.3) is 5.69 Å². The molecule has 1 fully saturated rings. The van der Waals surface area contributed by atoms with Crippen LogP contribution in [0, 0.1) is 5.82 Å². The first-order valence-corrected chi connectivity index (χ1v) is 10.7. The van der Waals surface area contributed by atoms with Crippen LogP contribution < -0.4 is 15.8 Å².